The zero-order chi connectivity index (χ0) is 19.9. The van der Waals surface area contributed by atoms with Crippen molar-refractivity contribution in [3.63, 3.8) is 0 Å². The topological polar surface area (TPSA) is 70.6 Å². The number of piperazine rings is 1. The summed E-state index contributed by atoms with van der Waals surface area (Å²) in [6.45, 7) is 2.45. The SMILES string of the molecule is CS(=O)(=O)c1cccc2sc(N3CCN(C(=O)c4ccc(Cl)cc4)CC3)nc12. The van der Waals surface area contributed by atoms with Gasteiger partial charge in [0, 0.05) is 43.0 Å². The molecule has 0 saturated carbocycles. The summed E-state index contributed by atoms with van der Waals surface area (Å²) in [5.41, 5.74) is 1.14. The fourth-order valence-electron chi connectivity index (χ4n) is 3.22. The number of hydrogen-bond donors (Lipinski definition) is 0. The normalized spacial score (nSPS) is 15.2. The first kappa shape index (κ1) is 19.2. The lowest BCUT2D eigenvalue weighted by Crippen LogP contribution is -2.48. The van der Waals surface area contributed by atoms with Crippen LogP contribution in [0.4, 0.5) is 5.13 Å². The molecule has 28 heavy (non-hydrogen) atoms. The maximum Gasteiger partial charge on any atom is 0.253 e. The van der Waals surface area contributed by atoms with Crippen LogP contribution in [0.1, 0.15) is 10.4 Å². The highest BCUT2D eigenvalue weighted by atomic mass is 35.5. The average Bonchev–Trinajstić information content (AvgIpc) is 3.11. The first-order valence-electron chi connectivity index (χ1n) is 8.72. The summed E-state index contributed by atoms with van der Waals surface area (Å²) < 4.78 is 24.9. The molecule has 0 N–H and O–H groups in total. The fraction of sp³-hybridized carbons (Fsp3) is 0.263. The molecular weight excluding hydrogens is 418 g/mol. The van der Waals surface area contributed by atoms with E-state index in [2.05, 4.69) is 9.88 Å². The lowest BCUT2D eigenvalue weighted by molar-refractivity contribution is 0.0747. The molecule has 0 atom stereocenters. The van der Waals surface area contributed by atoms with E-state index in [1.165, 1.54) is 17.6 Å². The van der Waals surface area contributed by atoms with E-state index in [0.717, 1.165) is 9.83 Å². The van der Waals surface area contributed by atoms with E-state index in [-0.39, 0.29) is 10.8 Å². The Labute approximate surface area is 172 Å². The van der Waals surface area contributed by atoms with Crippen molar-refractivity contribution in [2.75, 3.05) is 37.3 Å². The summed E-state index contributed by atoms with van der Waals surface area (Å²) in [5.74, 6) is -0.0139. The molecular formula is C19H18ClN3O3S2. The van der Waals surface area contributed by atoms with E-state index in [9.17, 15) is 13.2 Å². The van der Waals surface area contributed by atoms with Crippen molar-refractivity contribution in [1.82, 2.24) is 9.88 Å². The van der Waals surface area contributed by atoms with Gasteiger partial charge in [-0.2, -0.15) is 0 Å². The molecule has 1 saturated heterocycles. The number of para-hydroxylation sites is 1. The number of amides is 1. The van der Waals surface area contributed by atoms with Gasteiger partial charge in [0.25, 0.3) is 5.91 Å². The first-order valence-corrected chi connectivity index (χ1v) is 11.8. The fourth-order valence-corrected chi connectivity index (χ4v) is 5.29. The van der Waals surface area contributed by atoms with Crippen molar-refractivity contribution in [1.29, 1.82) is 0 Å². The Morgan fingerprint density at radius 2 is 1.75 bits per heavy atom. The molecule has 1 amide bonds. The molecule has 6 nitrogen and oxygen atoms in total. The predicted octanol–water partition coefficient (Wildman–Crippen LogP) is 3.32. The van der Waals surface area contributed by atoms with Gasteiger partial charge >= 0.3 is 0 Å². The average molecular weight is 436 g/mol. The van der Waals surface area contributed by atoms with Crippen LogP contribution in [-0.4, -0.2) is 56.6 Å². The molecule has 4 rings (SSSR count). The van der Waals surface area contributed by atoms with Crippen LogP contribution in [0.25, 0.3) is 10.2 Å². The zero-order valence-electron chi connectivity index (χ0n) is 15.1. The van der Waals surface area contributed by atoms with Crippen LogP contribution in [0.5, 0.6) is 0 Å². The predicted molar refractivity (Wildman–Crippen MR) is 112 cm³/mol. The number of thiazole rings is 1. The van der Waals surface area contributed by atoms with Gasteiger partial charge in [-0.25, -0.2) is 13.4 Å². The summed E-state index contributed by atoms with van der Waals surface area (Å²) in [4.78, 5) is 21.4. The largest absolute Gasteiger partial charge is 0.345 e. The standard InChI is InChI=1S/C19H18ClN3O3S2/c1-28(25,26)16-4-2-3-15-17(16)21-19(27-15)23-11-9-22(10-12-23)18(24)13-5-7-14(20)8-6-13/h2-8H,9-12H2,1H3. The minimum atomic E-state index is -3.34. The summed E-state index contributed by atoms with van der Waals surface area (Å²) in [6, 6.07) is 12.1. The summed E-state index contributed by atoms with van der Waals surface area (Å²) in [7, 11) is -3.34. The highest BCUT2D eigenvalue weighted by molar-refractivity contribution is 7.91. The van der Waals surface area contributed by atoms with Crippen molar-refractivity contribution in [2.45, 2.75) is 4.90 Å². The number of carbonyl (C=O) groups is 1. The smallest absolute Gasteiger partial charge is 0.253 e. The Balaban J connectivity index is 1.51. The Bertz CT molecular complexity index is 1130. The Morgan fingerprint density at radius 1 is 1.07 bits per heavy atom. The van der Waals surface area contributed by atoms with Crippen LogP contribution in [0.3, 0.4) is 0 Å². The molecule has 9 heteroatoms. The van der Waals surface area contributed by atoms with Gasteiger partial charge in [-0.1, -0.05) is 29.0 Å². The van der Waals surface area contributed by atoms with Crippen LogP contribution in [0.15, 0.2) is 47.4 Å². The van der Waals surface area contributed by atoms with E-state index in [4.69, 9.17) is 11.6 Å². The number of aromatic nitrogens is 1. The number of fused-ring (bicyclic) bond motifs is 1. The second kappa shape index (κ2) is 7.35. The van der Waals surface area contributed by atoms with Gasteiger partial charge in [0.2, 0.25) is 0 Å². The molecule has 0 radical (unpaired) electrons. The molecule has 2 aromatic carbocycles. The Hall–Kier alpha value is -2.16. The Kier molecular flexibility index (Phi) is 5.03. The van der Waals surface area contributed by atoms with Gasteiger partial charge in [-0.15, -0.1) is 0 Å². The molecule has 146 valence electrons. The third-order valence-corrected chi connectivity index (χ3v) is 7.16. The van der Waals surface area contributed by atoms with Crippen molar-refractivity contribution in [3.05, 3.63) is 53.1 Å². The molecule has 3 aromatic rings. The third-order valence-electron chi connectivity index (χ3n) is 4.70. The van der Waals surface area contributed by atoms with Crippen molar-refractivity contribution in [2.24, 2.45) is 0 Å². The number of carbonyl (C=O) groups excluding carboxylic acids is 1. The Morgan fingerprint density at radius 3 is 2.39 bits per heavy atom. The number of anilines is 1. The van der Waals surface area contributed by atoms with Gasteiger partial charge in [0.1, 0.15) is 5.52 Å². The molecule has 0 unspecified atom stereocenters. The van der Waals surface area contributed by atoms with Crippen molar-refractivity contribution >= 4 is 54.0 Å². The molecule has 1 aliphatic heterocycles. The molecule has 1 aliphatic rings. The summed E-state index contributed by atoms with van der Waals surface area (Å²) >= 11 is 7.36. The van der Waals surface area contributed by atoms with Gasteiger partial charge in [0.15, 0.2) is 15.0 Å². The van der Waals surface area contributed by atoms with E-state index in [1.807, 2.05) is 11.0 Å². The number of benzene rings is 2. The lowest BCUT2D eigenvalue weighted by Gasteiger charge is -2.34. The van der Waals surface area contributed by atoms with Gasteiger partial charge in [0.05, 0.1) is 9.60 Å². The quantitative estimate of drug-likeness (QED) is 0.631. The third kappa shape index (κ3) is 3.72. The van der Waals surface area contributed by atoms with E-state index < -0.39 is 9.84 Å². The minimum Gasteiger partial charge on any atom is -0.345 e. The summed E-state index contributed by atoms with van der Waals surface area (Å²) in [6.07, 6.45) is 1.20. The van der Waals surface area contributed by atoms with E-state index in [1.54, 1.807) is 36.4 Å². The number of sulfone groups is 1. The minimum absolute atomic E-state index is 0.0139. The molecule has 1 fully saturated rings. The lowest BCUT2D eigenvalue weighted by atomic mass is 10.2. The highest BCUT2D eigenvalue weighted by Crippen LogP contribution is 2.33. The maximum atomic E-state index is 12.6. The molecule has 0 spiro atoms. The number of nitrogens with zero attached hydrogens (tertiary/aromatic N) is 3. The monoisotopic (exact) mass is 435 g/mol. The van der Waals surface area contributed by atoms with Gasteiger partial charge in [-0.05, 0) is 36.4 Å². The molecule has 1 aromatic heterocycles. The van der Waals surface area contributed by atoms with Crippen molar-refractivity contribution < 1.29 is 13.2 Å². The van der Waals surface area contributed by atoms with Crippen LogP contribution >= 0.6 is 22.9 Å². The molecule has 0 bridgehead atoms. The van der Waals surface area contributed by atoms with E-state index >= 15 is 0 Å². The van der Waals surface area contributed by atoms with Gasteiger partial charge in [-0.3, -0.25) is 4.79 Å². The van der Waals surface area contributed by atoms with Gasteiger partial charge < -0.3 is 9.80 Å². The van der Waals surface area contributed by atoms with Crippen molar-refractivity contribution in [3.8, 4) is 0 Å². The molecule has 2 heterocycles. The highest BCUT2D eigenvalue weighted by Gasteiger charge is 2.25. The maximum absolute atomic E-state index is 12.6. The van der Waals surface area contributed by atoms with Crippen LogP contribution in [-0.2, 0) is 9.84 Å². The van der Waals surface area contributed by atoms with Crippen LogP contribution < -0.4 is 4.90 Å². The molecule has 0 aliphatic carbocycles. The van der Waals surface area contributed by atoms with Crippen LogP contribution in [0, 0.1) is 0 Å². The number of rotatable bonds is 3. The second-order valence-corrected chi connectivity index (χ2v) is 10.1. The first-order chi connectivity index (χ1) is 13.3. The number of hydrogen-bond acceptors (Lipinski definition) is 6. The second-order valence-electron chi connectivity index (χ2n) is 6.66. The number of halogens is 1. The summed E-state index contributed by atoms with van der Waals surface area (Å²) in [5, 5.41) is 1.38. The van der Waals surface area contributed by atoms with E-state index in [0.29, 0.717) is 42.3 Å². The van der Waals surface area contributed by atoms with Crippen LogP contribution in [0.2, 0.25) is 5.02 Å². The zero-order valence-corrected chi connectivity index (χ0v) is 17.5.